The van der Waals surface area contributed by atoms with Gasteiger partial charge in [0.15, 0.2) is 6.61 Å². The van der Waals surface area contributed by atoms with E-state index in [2.05, 4.69) is 5.32 Å². The van der Waals surface area contributed by atoms with Crippen LogP contribution in [-0.2, 0) is 15.1 Å². The molecule has 0 aliphatic carbocycles. The van der Waals surface area contributed by atoms with E-state index in [4.69, 9.17) is 21.1 Å². The molecule has 2 aromatic carbocycles. The number of nitrogens with one attached hydrogen (secondary N) is 1. The summed E-state index contributed by atoms with van der Waals surface area (Å²) in [6, 6.07) is 16.8. The van der Waals surface area contributed by atoms with Crippen LogP contribution in [0.15, 0.2) is 54.6 Å². The van der Waals surface area contributed by atoms with E-state index in [-0.39, 0.29) is 12.6 Å². The zero-order valence-corrected chi connectivity index (χ0v) is 14.1. The number of esters is 1. The van der Waals surface area contributed by atoms with Crippen molar-refractivity contribution in [1.82, 2.24) is 5.32 Å². The summed E-state index contributed by atoms with van der Waals surface area (Å²) in [6.45, 7) is 1.52. The number of piperidine rings is 1. The second-order valence-corrected chi connectivity index (χ2v) is 6.26. The molecule has 0 amide bonds. The van der Waals surface area contributed by atoms with Crippen molar-refractivity contribution < 1.29 is 14.3 Å². The van der Waals surface area contributed by atoms with Crippen LogP contribution in [0, 0.1) is 0 Å². The Morgan fingerprint density at radius 3 is 2.38 bits per heavy atom. The van der Waals surface area contributed by atoms with E-state index in [0.717, 1.165) is 31.5 Å². The van der Waals surface area contributed by atoms with E-state index >= 15 is 0 Å². The van der Waals surface area contributed by atoms with Crippen LogP contribution >= 0.6 is 11.6 Å². The molecular weight excluding hydrogens is 326 g/mol. The van der Waals surface area contributed by atoms with Crippen LogP contribution in [0.3, 0.4) is 0 Å². The summed E-state index contributed by atoms with van der Waals surface area (Å²) in [5.74, 6) is 0.228. The first kappa shape index (κ1) is 16.8. The molecule has 1 N–H and O–H groups in total. The van der Waals surface area contributed by atoms with Gasteiger partial charge in [0, 0.05) is 17.9 Å². The van der Waals surface area contributed by atoms with Crippen molar-refractivity contribution in [3.05, 3.63) is 65.2 Å². The van der Waals surface area contributed by atoms with Gasteiger partial charge >= 0.3 is 5.97 Å². The number of hydrogen-bond acceptors (Lipinski definition) is 4. The number of carbonyl (C=O) groups excluding carboxylic acids is 1. The number of ether oxygens (including phenoxy) is 2. The van der Waals surface area contributed by atoms with Crippen LogP contribution in [0.5, 0.6) is 5.75 Å². The van der Waals surface area contributed by atoms with E-state index in [1.807, 2.05) is 30.3 Å². The molecule has 3 rings (SSSR count). The Bertz CT molecular complexity index is 667. The van der Waals surface area contributed by atoms with Crippen LogP contribution in [0.25, 0.3) is 0 Å². The van der Waals surface area contributed by atoms with E-state index < -0.39 is 5.60 Å². The van der Waals surface area contributed by atoms with E-state index in [1.54, 1.807) is 24.3 Å². The number of benzene rings is 2. The van der Waals surface area contributed by atoms with Gasteiger partial charge in [-0.25, -0.2) is 4.79 Å². The summed E-state index contributed by atoms with van der Waals surface area (Å²) in [4.78, 5) is 12.3. The number of halogens is 1. The minimum atomic E-state index is -0.576. The highest BCUT2D eigenvalue weighted by atomic mass is 35.5. The largest absolute Gasteiger partial charge is 0.482 e. The maximum atomic E-state index is 12.3. The molecule has 5 heteroatoms. The number of hydrogen-bond donors (Lipinski definition) is 1. The van der Waals surface area contributed by atoms with Gasteiger partial charge in [-0.05, 0) is 42.9 Å². The predicted molar refractivity (Wildman–Crippen MR) is 93.3 cm³/mol. The van der Waals surface area contributed by atoms with Gasteiger partial charge in [0.25, 0.3) is 0 Å². The first-order chi connectivity index (χ1) is 11.7. The highest BCUT2D eigenvalue weighted by molar-refractivity contribution is 6.30. The Hall–Kier alpha value is -2.04. The van der Waals surface area contributed by atoms with Crippen LogP contribution in [0.2, 0.25) is 5.02 Å². The van der Waals surface area contributed by atoms with Crippen molar-refractivity contribution >= 4 is 17.6 Å². The second kappa shape index (κ2) is 7.69. The van der Waals surface area contributed by atoms with Gasteiger partial charge in [0.2, 0.25) is 0 Å². The van der Waals surface area contributed by atoms with Crippen molar-refractivity contribution in [3.8, 4) is 5.75 Å². The third kappa shape index (κ3) is 4.08. The molecule has 1 heterocycles. The van der Waals surface area contributed by atoms with Crippen LogP contribution in [-0.4, -0.2) is 25.7 Å². The standard InChI is InChI=1S/C19H20ClNO3/c20-16-6-8-17(9-7-16)23-14-18(22)24-19(10-12-21-13-11-19)15-4-2-1-3-5-15/h1-9,21H,10-14H2. The molecule has 0 unspecified atom stereocenters. The molecule has 1 aliphatic heterocycles. The fourth-order valence-electron chi connectivity index (χ4n) is 2.94. The van der Waals surface area contributed by atoms with Gasteiger partial charge in [-0.2, -0.15) is 0 Å². The molecule has 1 fully saturated rings. The fourth-order valence-corrected chi connectivity index (χ4v) is 3.07. The Morgan fingerprint density at radius 1 is 1.04 bits per heavy atom. The van der Waals surface area contributed by atoms with Crippen molar-refractivity contribution in [2.24, 2.45) is 0 Å². The van der Waals surface area contributed by atoms with Crippen LogP contribution in [0.4, 0.5) is 0 Å². The lowest BCUT2D eigenvalue weighted by Crippen LogP contribution is -2.43. The van der Waals surface area contributed by atoms with Crippen LogP contribution in [0.1, 0.15) is 18.4 Å². The Balaban J connectivity index is 1.66. The molecule has 0 bridgehead atoms. The average Bonchev–Trinajstić information content (AvgIpc) is 2.63. The van der Waals surface area contributed by atoms with Crippen molar-refractivity contribution in [2.75, 3.05) is 19.7 Å². The monoisotopic (exact) mass is 345 g/mol. The molecular formula is C19H20ClNO3. The highest BCUT2D eigenvalue weighted by Gasteiger charge is 2.37. The Labute approximate surface area is 146 Å². The van der Waals surface area contributed by atoms with Gasteiger partial charge < -0.3 is 14.8 Å². The van der Waals surface area contributed by atoms with E-state index in [0.29, 0.717) is 10.8 Å². The lowest BCUT2D eigenvalue weighted by Gasteiger charge is -2.37. The summed E-state index contributed by atoms with van der Waals surface area (Å²) in [7, 11) is 0. The fraction of sp³-hybridized carbons (Fsp3) is 0.316. The molecule has 24 heavy (non-hydrogen) atoms. The maximum absolute atomic E-state index is 12.3. The van der Waals surface area contributed by atoms with Crippen molar-refractivity contribution in [2.45, 2.75) is 18.4 Å². The first-order valence-electron chi connectivity index (χ1n) is 8.04. The molecule has 4 nitrogen and oxygen atoms in total. The van der Waals surface area contributed by atoms with Crippen molar-refractivity contribution in [1.29, 1.82) is 0 Å². The molecule has 0 saturated carbocycles. The topological polar surface area (TPSA) is 47.6 Å². The maximum Gasteiger partial charge on any atom is 0.345 e. The zero-order chi connectivity index (χ0) is 16.8. The second-order valence-electron chi connectivity index (χ2n) is 5.83. The molecule has 0 aromatic heterocycles. The molecule has 0 radical (unpaired) electrons. The zero-order valence-electron chi connectivity index (χ0n) is 13.3. The average molecular weight is 346 g/mol. The molecule has 0 atom stereocenters. The SMILES string of the molecule is O=C(COc1ccc(Cl)cc1)OC1(c2ccccc2)CCNCC1. The van der Waals surface area contributed by atoms with Gasteiger partial charge in [-0.15, -0.1) is 0 Å². The summed E-state index contributed by atoms with van der Waals surface area (Å²) in [5.41, 5.74) is 0.457. The molecule has 1 aliphatic rings. The molecule has 0 spiro atoms. The third-order valence-electron chi connectivity index (χ3n) is 4.19. The lowest BCUT2D eigenvalue weighted by molar-refractivity contribution is -0.166. The van der Waals surface area contributed by atoms with Crippen molar-refractivity contribution in [3.63, 3.8) is 0 Å². The molecule has 126 valence electrons. The number of carbonyl (C=O) groups is 1. The number of rotatable bonds is 5. The normalized spacial score (nSPS) is 16.4. The van der Waals surface area contributed by atoms with Gasteiger partial charge in [0.05, 0.1) is 0 Å². The molecule has 2 aromatic rings. The summed E-state index contributed by atoms with van der Waals surface area (Å²) in [6.07, 6.45) is 1.51. The van der Waals surface area contributed by atoms with E-state index in [1.165, 1.54) is 0 Å². The minimum Gasteiger partial charge on any atom is -0.482 e. The smallest absolute Gasteiger partial charge is 0.345 e. The third-order valence-corrected chi connectivity index (χ3v) is 4.44. The molecule has 1 saturated heterocycles. The first-order valence-corrected chi connectivity index (χ1v) is 8.42. The summed E-state index contributed by atoms with van der Waals surface area (Å²) in [5, 5.41) is 3.94. The van der Waals surface area contributed by atoms with Gasteiger partial charge in [-0.1, -0.05) is 41.9 Å². The predicted octanol–water partition coefficient (Wildman–Crippen LogP) is 3.54. The van der Waals surface area contributed by atoms with E-state index in [9.17, 15) is 4.79 Å². The minimum absolute atomic E-state index is 0.121. The Kier molecular flexibility index (Phi) is 5.38. The van der Waals surface area contributed by atoms with Gasteiger partial charge in [-0.3, -0.25) is 0 Å². The van der Waals surface area contributed by atoms with Crippen LogP contribution < -0.4 is 10.1 Å². The lowest BCUT2D eigenvalue weighted by atomic mass is 9.85. The Morgan fingerprint density at radius 2 is 1.71 bits per heavy atom. The van der Waals surface area contributed by atoms with Gasteiger partial charge in [0.1, 0.15) is 11.4 Å². The highest BCUT2D eigenvalue weighted by Crippen LogP contribution is 2.34. The summed E-state index contributed by atoms with van der Waals surface area (Å²) >= 11 is 5.84. The quantitative estimate of drug-likeness (QED) is 0.842. The summed E-state index contributed by atoms with van der Waals surface area (Å²) < 4.78 is 11.4.